The minimum atomic E-state index is -3.27. The molecule has 0 unspecified atom stereocenters. The van der Waals surface area contributed by atoms with Crippen molar-refractivity contribution in [1.82, 2.24) is 5.32 Å². The molecule has 0 bridgehead atoms. The summed E-state index contributed by atoms with van der Waals surface area (Å²) in [6.07, 6.45) is 3.96. The molecule has 1 aliphatic carbocycles. The first-order chi connectivity index (χ1) is 9.43. The second-order valence-corrected chi connectivity index (χ2v) is 7.21. The summed E-state index contributed by atoms with van der Waals surface area (Å²) in [5.41, 5.74) is 2.26. The highest BCUT2D eigenvalue weighted by Crippen LogP contribution is 2.32. The van der Waals surface area contributed by atoms with E-state index in [0.717, 1.165) is 18.4 Å². The Hall–Kier alpha value is -1.76. The molecule has 0 atom stereocenters. The molecule has 0 saturated heterocycles. The molecule has 0 aromatic heterocycles. The Kier molecular flexibility index (Phi) is 3.08. The van der Waals surface area contributed by atoms with E-state index < -0.39 is 10.0 Å². The van der Waals surface area contributed by atoms with Crippen LogP contribution in [0.15, 0.2) is 18.2 Å². The molecule has 1 heterocycles. The lowest BCUT2D eigenvalue weighted by Gasteiger charge is -2.17. The average Bonchev–Trinajstić information content (AvgIpc) is 3.04. The third-order valence-corrected chi connectivity index (χ3v) is 4.69. The fourth-order valence-corrected chi connectivity index (χ4v) is 3.30. The first kappa shape index (κ1) is 13.2. The van der Waals surface area contributed by atoms with Crippen molar-refractivity contribution in [3.63, 3.8) is 0 Å². The van der Waals surface area contributed by atoms with Gasteiger partial charge in [-0.25, -0.2) is 13.2 Å². The Morgan fingerprint density at radius 1 is 1.35 bits per heavy atom. The van der Waals surface area contributed by atoms with Crippen LogP contribution in [0.5, 0.6) is 0 Å². The average molecular weight is 295 g/mol. The molecule has 0 radical (unpaired) electrons. The number of urea groups is 1. The van der Waals surface area contributed by atoms with Gasteiger partial charge >= 0.3 is 6.03 Å². The number of fused-ring (bicyclic) bond motifs is 1. The number of amides is 2. The van der Waals surface area contributed by atoms with Crippen LogP contribution < -0.4 is 14.9 Å². The van der Waals surface area contributed by atoms with E-state index in [0.29, 0.717) is 24.3 Å². The van der Waals surface area contributed by atoms with Crippen LogP contribution in [-0.2, 0) is 16.4 Å². The summed E-state index contributed by atoms with van der Waals surface area (Å²) in [6, 6.07) is 5.44. The number of nitrogens with zero attached hydrogens (tertiary/aromatic N) is 1. The molecule has 6 nitrogen and oxygen atoms in total. The van der Waals surface area contributed by atoms with E-state index in [-0.39, 0.29) is 12.1 Å². The molecule has 1 saturated carbocycles. The van der Waals surface area contributed by atoms with Gasteiger partial charge in [-0.15, -0.1) is 0 Å². The number of nitrogens with one attached hydrogen (secondary N) is 2. The second-order valence-electron chi connectivity index (χ2n) is 5.30. The minimum Gasteiger partial charge on any atom is -0.335 e. The van der Waals surface area contributed by atoms with Crippen molar-refractivity contribution in [2.75, 3.05) is 22.4 Å². The van der Waals surface area contributed by atoms with Gasteiger partial charge in [-0.3, -0.25) is 4.31 Å². The van der Waals surface area contributed by atoms with E-state index in [2.05, 4.69) is 10.6 Å². The van der Waals surface area contributed by atoms with Crippen molar-refractivity contribution in [2.24, 2.45) is 0 Å². The van der Waals surface area contributed by atoms with Crippen molar-refractivity contribution in [3.8, 4) is 0 Å². The van der Waals surface area contributed by atoms with Crippen LogP contribution in [0, 0.1) is 0 Å². The summed E-state index contributed by atoms with van der Waals surface area (Å²) in [6.45, 7) is 0.464. The maximum absolute atomic E-state index is 11.7. The maximum Gasteiger partial charge on any atom is 0.319 e. The minimum absolute atomic E-state index is 0.239. The Morgan fingerprint density at radius 3 is 2.75 bits per heavy atom. The zero-order chi connectivity index (χ0) is 14.3. The molecule has 2 amide bonds. The third-order valence-electron chi connectivity index (χ3n) is 3.51. The lowest BCUT2D eigenvalue weighted by atomic mass is 10.1. The number of hydrogen-bond acceptors (Lipinski definition) is 3. The highest BCUT2D eigenvalue weighted by atomic mass is 32.2. The van der Waals surface area contributed by atoms with Gasteiger partial charge < -0.3 is 10.6 Å². The molecule has 108 valence electrons. The maximum atomic E-state index is 11.7. The summed E-state index contributed by atoms with van der Waals surface area (Å²) in [5.74, 6) is 0. The number of carbonyl (C=O) groups excluding carboxylic acids is 1. The smallest absolute Gasteiger partial charge is 0.319 e. The van der Waals surface area contributed by atoms with Gasteiger partial charge in [0.05, 0.1) is 11.9 Å². The van der Waals surface area contributed by atoms with Crippen molar-refractivity contribution in [3.05, 3.63) is 23.8 Å². The van der Waals surface area contributed by atoms with Crippen LogP contribution in [-0.4, -0.2) is 33.3 Å². The fraction of sp³-hybridized carbons (Fsp3) is 0.462. The summed E-state index contributed by atoms with van der Waals surface area (Å²) >= 11 is 0. The summed E-state index contributed by atoms with van der Waals surface area (Å²) in [4.78, 5) is 11.7. The van der Waals surface area contributed by atoms with Gasteiger partial charge in [0.15, 0.2) is 0 Å². The number of hydrogen-bond donors (Lipinski definition) is 2. The van der Waals surface area contributed by atoms with E-state index in [4.69, 9.17) is 0 Å². The normalized spacial score (nSPS) is 17.8. The molecule has 0 spiro atoms. The van der Waals surface area contributed by atoms with Gasteiger partial charge in [-0.1, -0.05) is 6.07 Å². The SMILES string of the molecule is CS(=O)(=O)N1CCc2ccc(NC(=O)NC3CC3)cc21. The van der Waals surface area contributed by atoms with Gasteiger partial charge in [0.25, 0.3) is 0 Å². The van der Waals surface area contributed by atoms with E-state index >= 15 is 0 Å². The quantitative estimate of drug-likeness (QED) is 0.882. The standard InChI is InChI=1S/C13H17N3O3S/c1-20(18,19)16-7-6-9-2-3-11(8-12(9)16)15-13(17)14-10-4-5-10/h2-3,8,10H,4-7H2,1H3,(H2,14,15,17). The molecular weight excluding hydrogens is 278 g/mol. The Bertz CT molecular complexity index is 653. The third kappa shape index (κ3) is 2.72. The van der Waals surface area contributed by atoms with Crippen LogP contribution in [0.4, 0.5) is 16.2 Å². The number of rotatable bonds is 3. The summed E-state index contributed by atoms with van der Waals surface area (Å²) < 4.78 is 24.8. The molecular formula is C13H17N3O3S. The van der Waals surface area contributed by atoms with Crippen LogP contribution in [0.25, 0.3) is 0 Å². The second kappa shape index (κ2) is 4.66. The van der Waals surface area contributed by atoms with Gasteiger partial charge in [0.2, 0.25) is 10.0 Å². The number of carbonyl (C=O) groups is 1. The monoisotopic (exact) mass is 295 g/mol. The van der Waals surface area contributed by atoms with Crippen LogP contribution in [0.1, 0.15) is 18.4 Å². The first-order valence-corrected chi connectivity index (χ1v) is 8.46. The number of anilines is 2. The van der Waals surface area contributed by atoms with Gasteiger partial charge in [0.1, 0.15) is 0 Å². The molecule has 7 heteroatoms. The number of benzene rings is 1. The largest absolute Gasteiger partial charge is 0.335 e. The van der Waals surface area contributed by atoms with Crippen LogP contribution in [0.2, 0.25) is 0 Å². The molecule has 3 rings (SSSR count). The summed E-state index contributed by atoms with van der Waals surface area (Å²) in [7, 11) is -3.27. The van der Waals surface area contributed by atoms with Crippen LogP contribution in [0.3, 0.4) is 0 Å². The highest BCUT2D eigenvalue weighted by molar-refractivity contribution is 7.92. The van der Waals surface area contributed by atoms with E-state index in [1.165, 1.54) is 10.6 Å². The van der Waals surface area contributed by atoms with Crippen molar-refractivity contribution in [1.29, 1.82) is 0 Å². The first-order valence-electron chi connectivity index (χ1n) is 6.61. The van der Waals surface area contributed by atoms with E-state index in [9.17, 15) is 13.2 Å². The topological polar surface area (TPSA) is 78.5 Å². The zero-order valence-electron chi connectivity index (χ0n) is 11.2. The fourth-order valence-electron chi connectivity index (χ4n) is 2.35. The summed E-state index contributed by atoms with van der Waals surface area (Å²) in [5, 5.41) is 5.57. The van der Waals surface area contributed by atoms with Crippen molar-refractivity contribution in [2.45, 2.75) is 25.3 Å². The highest BCUT2D eigenvalue weighted by Gasteiger charge is 2.27. The lowest BCUT2D eigenvalue weighted by molar-refractivity contribution is 0.251. The Morgan fingerprint density at radius 2 is 2.10 bits per heavy atom. The van der Waals surface area contributed by atoms with Gasteiger partial charge in [-0.2, -0.15) is 0 Å². The predicted octanol–water partition coefficient (Wildman–Crippen LogP) is 1.29. The molecule has 1 fully saturated rings. The molecule has 1 aromatic carbocycles. The molecule has 1 aromatic rings. The molecule has 20 heavy (non-hydrogen) atoms. The van der Waals surface area contributed by atoms with Gasteiger partial charge in [0, 0.05) is 18.3 Å². The van der Waals surface area contributed by atoms with Gasteiger partial charge in [-0.05, 0) is 37.0 Å². The Balaban J connectivity index is 1.79. The van der Waals surface area contributed by atoms with E-state index in [1.807, 2.05) is 6.07 Å². The molecule has 2 aliphatic rings. The number of sulfonamides is 1. The zero-order valence-corrected chi connectivity index (χ0v) is 12.0. The van der Waals surface area contributed by atoms with E-state index in [1.54, 1.807) is 12.1 Å². The lowest BCUT2D eigenvalue weighted by Crippen LogP contribution is -2.30. The predicted molar refractivity (Wildman–Crippen MR) is 77.5 cm³/mol. The van der Waals surface area contributed by atoms with Crippen molar-refractivity contribution < 1.29 is 13.2 Å². The Labute approximate surface area is 118 Å². The molecule has 2 N–H and O–H groups in total. The molecule has 1 aliphatic heterocycles. The van der Waals surface area contributed by atoms with Crippen molar-refractivity contribution >= 4 is 27.4 Å². The van der Waals surface area contributed by atoms with Crippen LogP contribution >= 0.6 is 0 Å².